The number of nitrogens with one attached hydrogen (secondary N) is 2. The van der Waals surface area contributed by atoms with Crippen molar-refractivity contribution in [2.24, 2.45) is 5.73 Å². The van der Waals surface area contributed by atoms with Gasteiger partial charge in [-0.15, -0.1) is 0 Å². The Morgan fingerprint density at radius 3 is 2.72 bits per heavy atom. The van der Waals surface area contributed by atoms with Crippen molar-refractivity contribution in [2.45, 2.75) is 43.8 Å². The number of H-pyrrole nitrogens is 1. The molecule has 1 unspecified atom stereocenters. The Hall–Kier alpha value is -1.49. The monoisotopic (exact) mass is 248 g/mol. The number of urea groups is 1. The summed E-state index contributed by atoms with van der Waals surface area (Å²) in [5, 5.41) is 3.05. The summed E-state index contributed by atoms with van der Waals surface area (Å²) in [6.45, 7) is 0.774. The molecule has 0 spiro atoms. The topological polar surface area (TPSA) is 74.2 Å². The molecule has 1 aliphatic carbocycles. The van der Waals surface area contributed by atoms with Crippen LogP contribution in [0.3, 0.4) is 0 Å². The first kappa shape index (κ1) is 11.6. The van der Waals surface area contributed by atoms with E-state index in [0.717, 1.165) is 37.8 Å². The van der Waals surface area contributed by atoms with Crippen LogP contribution in [-0.4, -0.2) is 34.5 Å². The van der Waals surface area contributed by atoms with Crippen LogP contribution in [0.25, 0.3) is 0 Å². The summed E-state index contributed by atoms with van der Waals surface area (Å²) < 4.78 is 0. The highest BCUT2D eigenvalue weighted by Gasteiger charge is 2.35. The molecule has 1 aromatic rings. The predicted molar refractivity (Wildman–Crippen MR) is 69.0 cm³/mol. The van der Waals surface area contributed by atoms with Gasteiger partial charge in [-0.1, -0.05) is 0 Å². The van der Waals surface area contributed by atoms with Crippen LogP contribution in [0.4, 0.5) is 4.79 Å². The minimum atomic E-state index is 0.0710. The Bertz CT molecular complexity index is 409. The van der Waals surface area contributed by atoms with Crippen LogP contribution in [-0.2, 0) is 0 Å². The maximum Gasteiger partial charge on any atom is 0.318 e. The first-order valence-electron chi connectivity index (χ1n) is 6.69. The van der Waals surface area contributed by atoms with Crippen molar-refractivity contribution in [2.75, 3.05) is 6.54 Å². The minimum Gasteiger partial charge on any atom is -0.367 e. The molecule has 0 bridgehead atoms. The molecule has 2 fully saturated rings. The molecule has 1 atom stereocenters. The second kappa shape index (κ2) is 4.65. The molecular weight excluding hydrogens is 228 g/mol. The Labute approximate surface area is 107 Å². The zero-order chi connectivity index (χ0) is 12.5. The smallest absolute Gasteiger partial charge is 0.318 e. The molecular formula is C13H20N4O. The summed E-state index contributed by atoms with van der Waals surface area (Å²) in [5.74, 6) is 0. The highest BCUT2D eigenvalue weighted by molar-refractivity contribution is 5.77. The van der Waals surface area contributed by atoms with E-state index in [-0.39, 0.29) is 12.1 Å². The molecule has 0 radical (unpaired) electrons. The van der Waals surface area contributed by atoms with Crippen LogP contribution in [0, 0.1) is 0 Å². The van der Waals surface area contributed by atoms with Gasteiger partial charge in [0.15, 0.2) is 0 Å². The van der Waals surface area contributed by atoms with Gasteiger partial charge in [-0.3, -0.25) is 0 Å². The van der Waals surface area contributed by atoms with Crippen LogP contribution in [0.5, 0.6) is 0 Å². The van der Waals surface area contributed by atoms with Gasteiger partial charge in [-0.2, -0.15) is 0 Å². The summed E-state index contributed by atoms with van der Waals surface area (Å²) in [6, 6.07) is 2.91. The van der Waals surface area contributed by atoms with Gasteiger partial charge < -0.3 is 20.9 Å². The van der Waals surface area contributed by atoms with Gasteiger partial charge in [-0.05, 0) is 37.3 Å². The Morgan fingerprint density at radius 1 is 1.28 bits per heavy atom. The van der Waals surface area contributed by atoms with E-state index < -0.39 is 0 Å². The normalized spacial score (nSPS) is 32.6. The number of aromatic nitrogens is 1. The number of amides is 2. The SMILES string of the molecule is NC1CCC(N2CC(c3cc[nH]c3)NC2=O)CC1. The fraction of sp³-hybridized carbons (Fsp3) is 0.615. The lowest BCUT2D eigenvalue weighted by molar-refractivity contribution is 0.174. The van der Waals surface area contributed by atoms with Gasteiger partial charge in [0.2, 0.25) is 0 Å². The molecule has 1 aromatic heterocycles. The molecule has 18 heavy (non-hydrogen) atoms. The zero-order valence-corrected chi connectivity index (χ0v) is 10.4. The Morgan fingerprint density at radius 2 is 2.06 bits per heavy atom. The lowest BCUT2D eigenvalue weighted by Crippen LogP contribution is -2.42. The lowest BCUT2D eigenvalue weighted by Gasteiger charge is -2.32. The van der Waals surface area contributed by atoms with Crippen LogP contribution >= 0.6 is 0 Å². The summed E-state index contributed by atoms with van der Waals surface area (Å²) in [4.78, 5) is 17.1. The van der Waals surface area contributed by atoms with Gasteiger partial charge in [0.1, 0.15) is 0 Å². The maximum absolute atomic E-state index is 12.0. The summed E-state index contributed by atoms with van der Waals surface area (Å²) in [5.41, 5.74) is 7.06. The third-order valence-corrected chi connectivity index (χ3v) is 4.14. The second-order valence-electron chi connectivity index (χ2n) is 5.37. The van der Waals surface area contributed by atoms with Crippen LogP contribution < -0.4 is 11.1 Å². The van der Waals surface area contributed by atoms with E-state index in [1.54, 1.807) is 0 Å². The van der Waals surface area contributed by atoms with Gasteiger partial charge in [0.05, 0.1) is 6.04 Å². The summed E-state index contributed by atoms with van der Waals surface area (Å²) in [7, 11) is 0. The standard InChI is InChI=1S/C13H20N4O/c14-10-1-3-11(4-2-10)17-8-12(16-13(17)18)9-5-6-15-7-9/h5-7,10-12,15H,1-4,8,14H2,(H,16,18). The molecule has 1 aliphatic heterocycles. The molecule has 4 N–H and O–H groups in total. The quantitative estimate of drug-likeness (QED) is 0.739. The number of hydrogen-bond donors (Lipinski definition) is 3. The third kappa shape index (κ3) is 2.10. The lowest BCUT2D eigenvalue weighted by atomic mass is 9.91. The number of nitrogens with zero attached hydrogens (tertiary/aromatic N) is 1. The van der Waals surface area contributed by atoms with Crippen LogP contribution in [0.2, 0.25) is 0 Å². The molecule has 5 heteroatoms. The number of carbonyl (C=O) groups is 1. The van der Waals surface area contributed by atoms with E-state index in [0.29, 0.717) is 12.1 Å². The zero-order valence-electron chi connectivity index (χ0n) is 10.4. The average Bonchev–Trinajstić information content (AvgIpc) is 2.99. The average molecular weight is 248 g/mol. The van der Waals surface area contributed by atoms with Gasteiger partial charge in [0.25, 0.3) is 0 Å². The van der Waals surface area contributed by atoms with Crippen molar-refractivity contribution in [3.05, 3.63) is 24.0 Å². The maximum atomic E-state index is 12.0. The van der Waals surface area contributed by atoms with Crippen molar-refractivity contribution < 1.29 is 4.79 Å². The van der Waals surface area contributed by atoms with E-state index in [1.807, 2.05) is 23.4 Å². The highest BCUT2D eigenvalue weighted by Crippen LogP contribution is 2.28. The van der Waals surface area contributed by atoms with Gasteiger partial charge in [-0.25, -0.2) is 4.79 Å². The molecule has 98 valence electrons. The van der Waals surface area contributed by atoms with E-state index in [9.17, 15) is 4.79 Å². The van der Waals surface area contributed by atoms with E-state index in [1.165, 1.54) is 0 Å². The fourth-order valence-electron chi connectivity index (χ4n) is 3.03. The van der Waals surface area contributed by atoms with Gasteiger partial charge in [0, 0.05) is 31.0 Å². The molecule has 3 rings (SSSR count). The van der Waals surface area contributed by atoms with Crippen molar-refractivity contribution in [3.8, 4) is 0 Å². The molecule has 0 aromatic carbocycles. The van der Waals surface area contributed by atoms with Crippen molar-refractivity contribution in [1.82, 2.24) is 15.2 Å². The molecule has 1 saturated heterocycles. The molecule has 2 amide bonds. The predicted octanol–water partition coefficient (Wildman–Crippen LogP) is 1.35. The van der Waals surface area contributed by atoms with Crippen LogP contribution in [0.15, 0.2) is 18.5 Å². The van der Waals surface area contributed by atoms with Crippen LogP contribution in [0.1, 0.15) is 37.3 Å². The number of rotatable bonds is 2. The number of hydrogen-bond acceptors (Lipinski definition) is 2. The first-order valence-corrected chi connectivity index (χ1v) is 6.69. The largest absolute Gasteiger partial charge is 0.367 e. The molecule has 5 nitrogen and oxygen atoms in total. The molecule has 1 saturated carbocycles. The number of carbonyl (C=O) groups excluding carboxylic acids is 1. The third-order valence-electron chi connectivity index (χ3n) is 4.14. The van der Waals surface area contributed by atoms with Crippen molar-refractivity contribution >= 4 is 6.03 Å². The summed E-state index contributed by atoms with van der Waals surface area (Å²) >= 11 is 0. The Kier molecular flexibility index (Phi) is 2.99. The first-order chi connectivity index (χ1) is 8.74. The van der Waals surface area contributed by atoms with E-state index >= 15 is 0 Å². The van der Waals surface area contributed by atoms with Crippen molar-refractivity contribution in [1.29, 1.82) is 0 Å². The van der Waals surface area contributed by atoms with Gasteiger partial charge >= 0.3 is 6.03 Å². The van der Waals surface area contributed by atoms with E-state index in [4.69, 9.17) is 5.73 Å². The second-order valence-corrected chi connectivity index (χ2v) is 5.37. The van der Waals surface area contributed by atoms with E-state index in [2.05, 4.69) is 10.3 Å². The fourth-order valence-corrected chi connectivity index (χ4v) is 3.03. The van der Waals surface area contributed by atoms with Crippen molar-refractivity contribution in [3.63, 3.8) is 0 Å². The minimum absolute atomic E-state index is 0.0710. The molecule has 2 heterocycles. The number of nitrogens with two attached hydrogens (primary N) is 1. The molecule has 2 aliphatic rings. The highest BCUT2D eigenvalue weighted by atomic mass is 16.2. The Balaban J connectivity index is 1.66. The summed E-state index contributed by atoms with van der Waals surface area (Å²) in [6.07, 6.45) is 7.98. The number of aromatic amines is 1.